The molecule has 14 heavy (non-hydrogen) atoms. The first-order chi connectivity index (χ1) is 6.86. The molecule has 0 atom stereocenters. The Morgan fingerprint density at radius 3 is 2.79 bits per heavy atom. The third kappa shape index (κ3) is 1.04. The summed E-state index contributed by atoms with van der Waals surface area (Å²) < 4.78 is 0. The lowest BCUT2D eigenvalue weighted by Crippen LogP contribution is -1.93. The Morgan fingerprint density at radius 2 is 1.86 bits per heavy atom. The van der Waals surface area contributed by atoms with Crippen molar-refractivity contribution in [3.8, 4) is 0 Å². The molecule has 1 aliphatic rings. The fraction of sp³-hybridized carbons (Fsp3) is 0.250. The van der Waals surface area contributed by atoms with E-state index in [1.165, 1.54) is 29.4 Å². The molecule has 70 valence electrons. The summed E-state index contributed by atoms with van der Waals surface area (Å²) >= 11 is 5.29. The maximum Gasteiger partial charge on any atom is 0.0686 e. The standard InChI is InChI=1S/C12H11NS/c14-12-10-6-3-5-8(10)9-4-1-2-7-11(9)13-12/h1-2,4,7H,3,5-6H2,(H,13,14)/p-1. The van der Waals surface area contributed by atoms with E-state index < -0.39 is 0 Å². The second kappa shape index (κ2) is 2.92. The third-order valence-electron chi connectivity index (χ3n) is 2.93. The molecule has 2 aromatic rings. The van der Waals surface area contributed by atoms with Crippen LogP contribution < -0.4 is 0 Å². The number of rotatable bonds is 0. The summed E-state index contributed by atoms with van der Waals surface area (Å²) in [5.41, 5.74) is 3.82. The van der Waals surface area contributed by atoms with Crippen LogP contribution in [-0.2, 0) is 25.5 Å². The minimum Gasteiger partial charge on any atom is -0.760 e. The molecule has 0 radical (unpaired) electrons. The van der Waals surface area contributed by atoms with Gasteiger partial charge in [-0.3, -0.25) is 4.98 Å². The summed E-state index contributed by atoms with van der Waals surface area (Å²) in [6.45, 7) is 0. The van der Waals surface area contributed by atoms with Gasteiger partial charge < -0.3 is 12.6 Å². The van der Waals surface area contributed by atoms with Crippen LogP contribution in [0.2, 0.25) is 0 Å². The van der Waals surface area contributed by atoms with Crippen LogP contribution in [0.4, 0.5) is 0 Å². The number of hydrogen-bond donors (Lipinski definition) is 0. The molecule has 0 saturated heterocycles. The molecule has 0 unspecified atom stereocenters. The first-order valence-corrected chi connectivity index (χ1v) is 5.34. The molecular weight excluding hydrogens is 190 g/mol. The highest BCUT2D eigenvalue weighted by Crippen LogP contribution is 2.30. The maximum atomic E-state index is 5.29. The molecule has 0 spiro atoms. The van der Waals surface area contributed by atoms with Gasteiger partial charge in [-0.15, -0.1) is 0 Å². The minimum atomic E-state index is 0.816. The van der Waals surface area contributed by atoms with E-state index in [9.17, 15) is 0 Å². The van der Waals surface area contributed by atoms with Crippen molar-refractivity contribution in [2.75, 3.05) is 0 Å². The van der Waals surface area contributed by atoms with Crippen molar-refractivity contribution < 1.29 is 0 Å². The molecule has 2 heteroatoms. The van der Waals surface area contributed by atoms with Crippen LogP contribution in [0.5, 0.6) is 0 Å². The van der Waals surface area contributed by atoms with Crippen LogP contribution in [-0.4, -0.2) is 4.98 Å². The molecule has 0 aliphatic heterocycles. The van der Waals surface area contributed by atoms with Crippen LogP contribution in [0, 0.1) is 0 Å². The van der Waals surface area contributed by atoms with Gasteiger partial charge in [0.25, 0.3) is 0 Å². The van der Waals surface area contributed by atoms with E-state index in [1.807, 2.05) is 12.1 Å². The number of para-hydroxylation sites is 1. The zero-order valence-corrected chi connectivity index (χ0v) is 8.60. The van der Waals surface area contributed by atoms with Crippen molar-refractivity contribution in [1.29, 1.82) is 0 Å². The highest BCUT2D eigenvalue weighted by molar-refractivity contribution is 7.58. The predicted molar refractivity (Wildman–Crippen MR) is 59.4 cm³/mol. The number of nitrogens with zero attached hydrogens (tertiary/aromatic N) is 1. The van der Waals surface area contributed by atoms with E-state index in [0.29, 0.717) is 0 Å². The Kier molecular flexibility index (Phi) is 1.71. The Bertz CT molecular complexity index is 505. The molecule has 1 aliphatic carbocycles. The number of aryl methyl sites for hydroxylation is 1. The van der Waals surface area contributed by atoms with Gasteiger partial charge in [-0.25, -0.2) is 0 Å². The molecule has 0 N–H and O–H groups in total. The summed E-state index contributed by atoms with van der Waals surface area (Å²) in [6, 6.07) is 8.29. The second-order valence-corrected chi connectivity index (χ2v) is 4.13. The summed E-state index contributed by atoms with van der Waals surface area (Å²) in [6.07, 6.45) is 3.52. The van der Waals surface area contributed by atoms with Crippen LogP contribution >= 0.6 is 0 Å². The molecule has 0 bridgehead atoms. The smallest absolute Gasteiger partial charge is 0.0686 e. The molecule has 0 amide bonds. The van der Waals surface area contributed by atoms with Gasteiger partial charge in [-0.1, -0.05) is 23.2 Å². The Balaban J connectivity index is 2.46. The number of benzene rings is 1. The van der Waals surface area contributed by atoms with Crippen LogP contribution in [0.25, 0.3) is 10.9 Å². The lowest BCUT2D eigenvalue weighted by molar-refractivity contribution is 0.901. The zero-order valence-electron chi connectivity index (χ0n) is 7.79. The quantitative estimate of drug-likeness (QED) is 0.606. The largest absolute Gasteiger partial charge is 0.760 e. The van der Waals surface area contributed by atoms with Crippen molar-refractivity contribution in [2.45, 2.75) is 24.3 Å². The van der Waals surface area contributed by atoms with E-state index in [2.05, 4.69) is 17.1 Å². The molecule has 1 aromatic heterocycles. The Labute approximate surface area is 88.6 Å². The average Bonchev–Trinajstić information content (AvgIpc) is 2.67. The molecule has 1 aromatic carbocycles. The highest BCUT2D eigenvalue weighted by Gasteiger charge is 2.14. The summed E-state index contributed by atoms with van der Waals surface area (Å²) in [7, 11) is 0. The lowest BCUT2D eigenvalue weighted by Gasteiger charge is -2.14. The van der Waals surface area contributed by atoms with E-state index in [0.717, 1.165) is 17.0 Å². The number of hydrogen-bond acceptors (Lipinski definition) is 2. The number of aromatic nitrogens is 1. The highest BCUT2D eigenvalue weighted by atomic mass is 32.1. The first-order valence-electron chi connectivity index (χ1n) is 4.94. The second-order valence-electron chi connectivity index (χ2n) is 3.74. The van der Waals surface area contributed by atoms with Gasteiger partial charge in [0.15, 0.2) is 0 Å². The van der Waals surface area contributed by atoms with Gasteiger partial charge in [0.1, 0.15) is 0 Å². The molecular formula is C12H10NS-. The Morgan fingerprint density at radius 1 is 1.07 bits per heavy atom. The first kappa shape index (κ1) is 8.18. The monoisotopic (exact) mass is 200 g/mol. The molecule has 0 fully saturated rings. The van der Waals surface area contributed by atoms with Crippen molar-refractivity contribution in [1.82, 2.24) is 4.98 Å². The van der Waals surface area contributed by atoms with Crippen LogP contribution in [0.1, 0.15) is 17.5 Å². The van der Waals surface area contributed by atoms with E-state index >= 15 is 0 Å². The molecule has 0 saturated carbocycles. The van der Waals surface area contributed by atoms with E-state index in [1.54, 1.807) is 0 Å². The average molecular weight is 200 g/mol. The van der Waals surface area contributed by atoms with Gasteiger partial charge in [-0.05, 0) is 36.5 Å². The summed E-state index contributed by atoms with van der Waals surface area (Å²) in [5, 5.41) is 2.12. The fourth-order valence-corrected chi connectivity index (χ4v) is 2.60. The molecule has 1 nitrogen and oxygen atoms in total. The summed E-state index contributed by atoms with van der Waals surface area (Å²) in [5.74, 6) is 0. The fourth-order valence-electron chi connectivity index (χ4n) is 2.28. The number of pyridine rings is 1. The van der Waals surface area contributed by atoms with E-state index in [4.69, 9.17) is 12.6 Å². The van der Waals surface area contributed by atoms with Gasteiger partial charge in [0.05, 0.1) is 5.52 Å². The maximum absolute atomic E-state index is 5.29. The van der Waals surface area contributed by atoms with Crippen molar-refractivity contribution in [3.05, 3.63) is 35.4 Å². The molecule has 1 heterocycles. The van der Waals surface area contributed by atoms with Gasteiger partial charge in [0, 0.05) is 5.39 Å². The van der Waals surface area contributed by atoms with Crippen molar-refractivity contribution >= 4 is 23.5 Å². The summed E-state index contributed by atoms with van der Waals surface area (Å²) in [4.78, 5) is 4.46. The van der Waals surface area contributed by atoms with E-state index in [-0.39, 0.29) is 0 Å². The molecule has 3 rings (SSSR count). The van der Waals surface area contributed by atoms with Crippen molar-refractivity contribution in [3.63, 3.8) is 0 Å². The topological polar surface area (TPSA) is 12.9 Å². The normalized spacial score (nSPS) is 14.6. The third-order valence-corrected chi connectivity index (χ3v) is 3.26. The zero-order chi connectivity index (χ0) is 9.54. The van der Waals surface area contributed by atoms with Gasteiger partial charge >= 0.3 is 0 Å². The van der Waals surface area contributed by atoms with Crippen LogP contribution in [0.3, 0.4) is 0 Å². The van der Waals surface area contributed by atoms with Crippen LogP contribution in [0.15, 0.2) is 29.3 Å². The SMILES string of the molecule is [S-]c1nc2ccccc2c2c1CCC2. The predicted octanol–water partition coefficient (Wildman–Crippen LogP) is 2.63. The van der Waals surface area contributed by atoms with Gasteiger partial charge in [-0.2, -0.15) is 0 Å². The minimum absolute atomic E-state index is 0.816. The lowest BCUT2D eigenvalue weighted by atomic mass is 10.1. The van der Waals surface area contributed by atoms with Gasteiger partial charge in [0.2, 0.25) is 0 Å². The number of fused-ring (bicyclic) bond motifs is 3. The Hall–Kier alpha value is -1.15. The van der Waals surface area contributed by atoms with Crippen molar-refractivity contribution in [2.24, 2.45) is 0 Å².